The molecule has 34 heavy (non-hydrogen) atoms. The second kappa shape index (κ2) is 9.78. The summed E-state index contributed by atoms with van der Waals surface area (Å²) in [5.41, 5.74) is 4.69. The largest absolute Gasteiger partial charge is 0.480 e. The smallest absolute Gasteiger partial charge is 0.411 e. The zero-order valence-corrected chi connectivity index (χ0v) is 19.0. The Morgan fingerprint density at radius 1 is 1.09 bits per heavy atom. The van der Waals surface area contributed by atoms with E-state index in [-0.39, 0.29) is 30.5 Å². The van der Waals surface area contributed by atoms with Crippen LogP contribution in [-0.2, 0) is 16.6 Å². The summed E-state index contributed by atoms with van der Waals surface area (Å²) in [5, 5.41) is 15.8. The number of nitrogens with one attached hydrogen (secondary N) is 1. The third-order valence-electron chi connectivity index (χ3n) is 5.83. The molecule has 1 heterocycles. The topological polar surface area (TPSA) is 114 Å². The summed E-state index contributed by atoms with van der Waals surface area (Å²) >= 11 is 0. The van der Waals surface area contributed by atoms with Gasteiger partial charge in [0, 0.05) is 19.5 Å². The van der Waals surface area contributed by atoms with Crippen molar-refractivity contribution >= 4 is 23.7 Å². The van der Waals surface area contributed by atoms with Crippen LogP contribution in [0.1, 0.15) is 40.9 Å². The van der Waals surface area contributed by atoms with E-state index in [1.165, 1.54) is 15.8 Å². The van der Waals surface area contributed by atoms with Gasteiger partial charge in [0.15, 0.2) is 0 Å². The van der Waals surface area contributed by atoms with E-state index in [0.717, 1.165) is 22.3 Å². The van der Waals surface area contributed by atoms with Crippen LogP contribution in [0.3, 0.4) is 0 Å². The molecule has 2 amide bonds. The Balaban J connectivity index is 1.48. The van der Waals surface area contributed by atoms with Crippen molar-refractivity contribution in [3.05, 3.63) is 71.5 Å². The second-order valence-electron chi connectivity index (χ2n) is 8.10. The van der Waals surface area contributed by atoms with Crippen molar-refractivity contribution < 1.29 is 24.2 Å². The maximum Gasteiger partial charge on any atom is 0.411 e. The van der Waals surface area contributed by atoms with Gasteiger partial charge in [-0.15, -0.1) is 0 Å². The van der Waals surface area contributed by atoms with Crippen LogP contribution < -0.4 is 5.32 Å². The third kappa shape index (κ3) is 4.50. The number of anilines is 1. The zero-order valence-electron chi connectivity index (χ0n) is 19.0. The van der Waals surface area contributed by atoms with Crippen LogP contribution in [0.15, 0.2) is 54.7 Å². The number of hydrogen-bond acceptors (Lipinski definition) is 5. The summed E-state index contributed by atoms with van der Waals surface area (Å²) in [7, 11) is 1.56. The van der Waals surface area contributed by atoms with Crippen LogP contribution in [-0.4, -0.2) is 57.5 Å². The van der Waals surface area contributed by atoms with Gasteiger partial charge in [0.2, 0.25) is 0 Å². The SMILES string of the molecule is CCCN(CC(=O)O)C(=O)c1c(NC(=O)OCC2c3ccccc3-c3ccccc32)cnn1C. The summed E-state index contributed by atoms with van der Waals surface area (Å²) in [6.07, 6.45) is 1.22. The lowest BCUT2D eigenvalue weighted by atomic mass is 9.98. The molecule has 176 valence electrons. The summed E-state index contributed by atoms with van der Waals surface area (Å²) in [6, 6.07) is 16.1. The molecule has 0 bridgehead atoms. The molecule has 2 aromatic carbocycles. The number of carbonyl (C=O) groups is 3. The molecule has 9 nitrogen and oxygen atoms in total. The molecular weight excluding hydrogens is 436 g/mol. The molecule has 3 aromatic rings. The molecule has 9 heteroatoms. The Bertz CT molecular complexity index is 1190. The fourth-order valence-electron chi connectivity index (χ4n) is 4.36. The third-order valence-corrected chi connectivity index (χ3v) is 5.83. The van der Waals surface area contributed by atoms with Crippen molar-refractivity contribution in [3.63, 3.8) is 0 Å². The minimum Gasteiger partial charge on any atom is -0.480 e. The molecule has 1 aromatic heterocycles. The molecule has 2 N–H and O–H groups in total. The number of benzene rings is 2. The number of nitrogens with zero attached hydrogens (tertiary/aromatic N) is 3. The highest BCUT2D eigenvalue weighted by Crippen LogP contribution is 2.44. The van der Waals surface area contributed by atoms with Crippen LogP contribution >= 0.6 is 0 Å². The fourth-order valence-corrected chi connectivity index (χ4v) is 4.36. The van der Waals surface area contributed by atoms with Crippen molar-refractivity contribution in [2.45, 2.75) is 19.3 Å². The number of aromatic nitrogens is 2. The molecule has 0 unspecified atom stereocenters. The van der Waals surface area contributed by atoms with Gasteiger partial charge in [0.05, 0.1) is 11.9 Å². The minimum atomic E-state index is -1.12. The summed E-state index contributed by atoms with van der Waals surface area (Å²) < 4.78 is 6.87. The second-order valence-corrected chi connectivity index (χ2v) is 8.10. The molecule has 0 radical (unpaired) electrons. The van der Waals surface area contributed by atoms with Gasteiger partial charge in [-0.2, -0.15) is 5.10 Å². The van der Waals surface area contributed by atoms with Gasteiger partial charge in [-0.1, -0.05) is 55.5 Å². The van der Waals surface area contributed by atoms with Crippen LogP contribution in [0.2, 0.25) is 0 Å². The van der Waals surface area contributed by atoms with Crippen molar-refractivity contribution in [2.75, 3.05) is 25.0 Å². The molecule has 0 atom stereocenters. The average Bonchev–Trinajstić information content (AvgIpc) is 3.34. The van der Waals surface area contributed by atoms with Crippen molar-refractivity contribution in [1.82, 2.24) is 14.7 Å². The monoisotopic (exact) mass is 462 g/mol. The fraction of sp³-hybridized carbons (Fsp3) is 0.280. The Kier molecular flexibility index (Phi) is 6.62. The van der Waals surface area contributed by atoms with Crippen LogP contribution in [0.5, 0.6) is 0 Å². The lowest BCUT2D eigenvalue weighted by molar-refractivity contribution is -0.137. The molecule has 0 spiro atoms. The summed E-state index contributed by atoms with van der Waals surface area (Å²) in [4.78, 5) is 38.1. The zero-order chi connectivity index (χ0) is 24.2. The molecule has 1 aliphatic rings. The van der Waals surface area contributed by atoms with E-state index in [4.69, 9.17) is 9.84 Å². The molecule has 4 rings (SSSR count). The number of aryl methyl sites for hydroxylation is 1. The Morgan fingerprint density at radius 3 is 2.29 bits per heavy atom. The molecule has 0 fully saturated rings. The number of amides is 2. The number of aliphatic carboxylic acids is 1. The highest BCUT2D eigenvalue weighted by atomic mass is 16.5. The number of rotatable bonds is 8. The summed E-state index contributed by atoms with van der Waals surface area (Å²) in [6.45, 7) is 1.80. The summed E-state index contributed by atoms with van der Waals surface area (Å²) in [5.74, 6) is -1.74. The van der Waals surface area contributed by atoms with E-state index in [9.17, 15) is 14.4 Å². The van der Waals surface area contributed by atoms with Crippen molar-refractivity contribution in [2.24, 2.45) is 7.05 Å². The lowest BCUT2D eigenvalue weighted by Gasteiger charge is -2.20. The maximum absolute atomic E-state index is 13.0. The first-order valence-corrected chi connectivity index (χ1v) is 11.1. The van der Waals surface area contributed by atoms with E-state index >= 15 is 0 Å². The minimum absolute atomic E-state index is 0.0863. The number of carboxylic acids is 1. The van der Waals surface area contributed by atoms with E-state index in [1.807, 2.05) is 43.3 Å². The van der Waals surface area contributed by atoms with Gasteiger partial charge in [-0.3, -0.25) is 19.6 Å². The predicted octanol–water partition coefficient (Wildman–Crippen LogP) is 3.72. The van der Waals surface area contributed by atoms with Crippen molar-refractivity contribution in [1.29, 1.82) is 0 Å². The Morgan fingerprint density at radius 2 is 1.71 bits per heavy atom. The molecule has 0 saturated carbocycles. The highest BCUT2D eigenvalue weighted by molar-refractivity contribution is 6.02. The maximum atomic E-state index is 13.0. The molecular formula is C25H26N4O5. The first-order chi connectivity index (χ1) is 16.4. The van der Waals surface area contributed by atoms with Gasteiger partial charge < -0.3 is 14.7 Å². The molecule has 0 saturated heterocycles. The van der Waals surface area contributed by atoms with Crippen LogP contribution in [0.4, 0.5) is 10.5 Å². The average molecular weight is 463 g/mol. The number of hydrogen-bond donors (Lipinski definition) is 2. The normalized spacial score (nSPS) is 12.1. The van der Waals surface area contributed by atoms with Crippen molar-refractivity contribution in [3.8, 4) is 11.1 Å². The van der Waals surface area contributed by atoms with Gasteiger partial charge in [-0.25, -0.2) is 4.79 Å². The highest BCUT2D eigenvalue weighted by Gasteiger charge is 2.30. The van der Waals surface area contributed by atoms with E-state index in [2.05, 4.69) is 22.5 Å². The van der Waals surface area contributed by atoms with E-state index in [0.29, 0.717) is 6.42 Å². The van der Waals surface area contributed by atoms with Gasteiger partial charge in [-0.05, 0) is 28.7 Å². The Hall–Kier alpha value is -4.14. The molecule has 1 aliphatic carbocycles. The van der Waals surface area contributed by atoms with E-state index < -0.39 is 24.5 Å². The number of carbonyl (C=O) groups excluding carboxylic acids is 2. The molecule has 0 aliphatic heterocycles. The lowest BCUT2D eigenvalue weighted by Crippen LogP contribution is -2.37. The first-order valence-electron chi connectivity index (χ1n) is 11.1. The number of fused-ring (bicyclic) bond motifs is 3. The van der Waals surface area contributed by atoms with Crippen LogP contribution in [0, 0.1) is 0 Å². The van der Waals surface area contributed by atoms with Gasteiger partial charge in [0.25, 0.3) is 5.91 Å². The quantitative estimate of drug-likeness (QED) is 0.527. The van der Waals surface area contributed by atoms with Gasteiger partial charge >= 0.3 is 12.1 Å². The standard InChI is InChI=1S/C25H26N4O5/c1-3-12-29(14-22(30)31)24(32)23-21(13-26-28(23)2)27-25(33)34-15-20-18-10-6-4-8-16(18)17-9-5-7-11-19(17)20/h4-11,13,20H,3,12,14-15H2,1-2H3,(H,27,33)(H,30,31). The van der Waals surface area contributed by atoms with Gasteiger partial charge in [0.1, 0.15) is 18.8 Å². The first kappa shape index (κ1) is 23.0. The predicted molar refractivity (Wildman–Crippen MR) is 126 cm³/mol. The number of carboxylic acid groups (broad SMARTS) is 1. The van der Waals surface area contributed by atoms with E-state index in [1.54, 1.807) is 7.05 Å². The number of ether oxygens (including phenoxy) is 1. The Labute approximate surface area is 196 Å². The van der Waals surface area contributed by atoms with Crippen LogP contribution in [0.25, 0.3) is 11.1 Å².